The van der Waals surface area contributed by atoms with Gasteiger partial charge in [0.2, 0.25) is 0 Å². The van der Waals surface area contributed by atoms with Crippen molar-refractivity contribution in [3.8, 4) is 0 Å². The first-order chi connectivity index (χ1) is 13.1. The third-order valence-electron chi connectivity index (χ3n) is 3.87. The van der Waals surface area contributed by atoms with Gasteiger partial charge in [0, 0.05) is 44.9 Å². The number of furan rings is 1. The van der Waals surface area contributed by atoms with Gasteiger partial charge in [0.15, 0.2) is 5.96 Å². The third-order valence-corrected chi connectivity index (χ3v) is 4.48. The van der Waals surface area contributed by atoms with Gasteiger partial charge in [0.25, 0.3) is 5.91 Å². The SMILES string of the molecule is CSCCNC(=NCc1ccc(C(=O)N(C)C)cc1)NCCc1ccco1.I. The molecule has 0 aliphatic carbocycles. The van der Waals surface area contributed by atoms with Crippen LogP contribution in [-0.4, -0.2) is 56.0 Å². The minimum Gasteiger partial charge on any atom is -0.469 e. The second-order valence-corrected chi connectivity index (χ2v) is 7.22. The van der Waals surface area contributed by atoms with Crippen LogP contribution < -0.4 is 10.6 Å². The van der Waals surface area contributed by atoms with Gasteiger partial charge in [0.05, 0.1) is 12.8 Å². The zero-order valence-corrected chi connectivity index (χ0v) is 19.8. The van der Waals surface area contributed by atoms with Gasteiger partial charge in [-0.1, -0.05) is 12.1 Å². The quantitative estimate of drug-likeness (QED) is 0.232. The molecule has 0 radical (unpaired) electrons. The van der Waals surface area contributed by atoms with Gasteiger partial charge in [-0.25, -0.2) is 4.99 Å². The van der Waals surface area contributed by atoms with E-state index in [0.29, 0.717) is 12.1 Å². The van der Waals surface area contributed by atoms with Crippen molar-refractivity contribution in [2.24, 2.45) is 4.99 Å². The molecule has 0 fully saturated rings. The molecule has 0 aliphatic heterocycles. The summed E-state index contributed by atoms with van der Waals surface area (Å²) in [7, 11) is 3.50. The van der Waals surface area contributed by atoms with Crippen LogP contribution in [0.15, 0.2) is 52.1 Å². The lowest BCUT2D eigenvalue weighted by Gasteiger charge is -2.12. The molecule has 0 atom stereocenters. The first-order valence-electron chi connectivity index (χ1n) is 8.94. The van der Waals surface area contributed by atoms with Crippen LogP contribution in [0.2, 0.25) is 0 Å². The molecule has 8 heteroatoms. The molecule has 6 nitrogen and oxygen atoms in total. The van der Waals surface area contributed by atoms with E-state index < -0.39 is 0 Å². The maximum atomic E-state index is 12.0. The highest BCUT2D eigenvalue weighted by molar-refractivity contribution is 14.0. The predicted octanol–water partition coefficient (Wildman–Crippen LogP) is 3.24. The number of thioether (sulfide) groups is 1. The van der Waals surface area contributed by atoms with Crippen molar-refractivity contribution < 1.29 is 9.21 Å². The smallest absolute Gasteiger partial charge is 0.253 e. The van der Waals surface area contributed by atoms with E-state index in [1.807, 2.05) is 36.4 Å². The number of guanidine groups is 1. The van der Waals surface area contributed by atoms with Gasteiger partial charge in [-0.05, 0) is 36.1 Å². The van der Waals surface area contributed by atoms with Crippen molar-refractivity contribution in [2.75, 3.05) is 39.2 Å². The summed E-state index contributed by atoms with van der Waals surface area (Å²) in [4.78, 5) is 18.2. The first kappa shape index (κ1) is 24.4. The Hall–Kier alpha value is -1.68. The molecule has 0 unspecified atom stereocenters. The number of amides is 1. The number of carbonyl (C=O) groups is 1. The summed E-state index contributed by atoms with van der Waals surface area (Å²) in [5.74, 6) is 2.75. The molecule has 1 aromatic heterocycles. The lowest BCUT2D eigenvalue weighted by Crippen LogP contribution is -2.39. The maximum Gasteiger partial charge on any atom is 0.253 e. The highest BCUT2D eigenvalue weighted by Crippen LogP contribution is 2.07. The van der Waals surface area contributed by atoms with Gasteiger partial charge >= 0.3 is 0 Å². The average Bonchev–Trinajstić information content (AvgIpc) is 3.19. The van der Waals surface area contributed by atoms with Crippen LogP contribution in [0.25, 0.3) is 0 Å². The molecule has 0 aliphatic rings. The van der Waals surface area contributed by atoms with Crippen molar-refractivity contribution in [3.63, 3.8) is 0 Å². The van der Waals surface area contributed by atoms with Crippen molar-refractivity contribution in [1.29, 1.82) is 0 Å². The Morgan fingerprint density at radius 1 is 1.14 bits per heavy atom. The fourth-order valence-electron chi connectivity index (χ4n) is 2.39. The minimum atomic E-state index is 0. The summed E-state index contributed by atoms with van der Waals surface area (Å²) >= 11 is 1.79. The number of rotatable bonds is 9. The van der Waals surface area contributed by atoms with Crippen LogP contribution in [0.1, 0.15) is 21.7 Å². The Morgan fingerprint density at radius 2 is 1.86 bits per heavy atom. The molecule has 0 saturated carbocycles. The molecule has 2 N–H and O–H groups in total. The van der Waals surface area contributed by atoms with Crippen LogP contribution in [0, 0.1) is 0 Å². The Balaban J connectivity index is 0.00000392. The molecule has 154 valence electrons. The monoisotopic (exact) mass is 516 g/mol. The average molecular weight is 516 g/mol. The predicted molar refractivity (Wildman–Crippen MR) is 128 cm³/mol. The summed E-state index contributed by atoms with van der Waals surface area (Å²) in [5, 5.41) is 6.68. The van der Waals surface area contributed by atoms with Gasteiger partial charge < -0.3 is 20.0 Å². The van der Waals surface area contributed by atoms with E-state index in [-0.39, 0.29) is 29.9 Å². The molecule has 28 heavy (non-hydrogen) atoms. The van der Waals surface area contributed by atoms with Crippen molar-refractivity contribution in [2.45, 2.75) is 13.0 Å². The van der Waals surface area contributed by atoms with Crippen molar-refractivity contribution in [3.05, 3.63) is 59.5 Å². The number of hydrogen-bond donors (Lipinski definition) is 2. The van der Waals surface area contributed by atoms with Crippen LogP contribution >= 0.6 is 35.7 Å². The van der Waals surface area contributed by atoms with E-state index in [0.717, 1.165) is 42.5 Å². The minimum absolute atomic E-state index is 0. The van der Waals surface area contributed by atoms with Crippen LogP contribution in [-0.2, 0) is 13.0 Å². The molecule has 1 aromatic carbocycles. The van der Waals surface area contributed by atoms with Crippen LogP contribution in [0.4, 0.5) is 0 Å². The second kappa shape index (κ2) is 13.5. The van der Waals surface area contributed by atoms with Crippen LogP contribution in [0.3, 0.4) is 0 Å². The topological polar surface area (TPSA) is 69.9 Å². The fraction of sp³-hybridized carbons (Fsp3) is 0.400. The standard InChI is InChI=1S/C20H28N4O2S.HI/c1-24(2)19(25)17-8-6-16(7-9-17)15-23-20(22-12-14-27-3)21-11-10-18-5-4-13-26-18;/h4-9,13H,10-12,14-15H2,1-3H3,(H2,21,22,23);1H. The van der Waals surface area contributed by atoms with Crippen molar-refractivity contribution in [1.82, 2.24) is 15.5 Å². The highest BCUT2D eigenvalue weighted by Gasteiger charge is 2.07. The molecule has 2 aromatic rings. The summed E-state index contributed by atoms with van der Waals surface area (Å²) in [6.45, 7) is 2.14. The lowest BCUT2D eigenvalue weighted by atomic mass is 10.1. The largest absolute Gasteiger partial charge is 0.469 e. The number of carbonyl (C=O) groups excluding carboxylic acids is 1. The van der Waals surface area contributed by atoms with Gasteiger partial charge in [-0.15, -0.1) is 24.0 Å². The summed E-state index contributed by atoms with van der Waals surface area (Å²) in [6, 6.07) is 11.4. The molecular formula is C20H29IN4O2S. The molecule has 0 bridgehead atoms. The molecule has 1 heterocycles. The zero-order valence-electron chi connectivity index (χ0n) is 16.6. The van der Waals surface area contributed by atoms with E-state index in [9.17, 15) is 4.79 Å². The molecular weight excluding hydrogens is 487 g/mol. The molecule has 1 amide bonds. The highest BCUT2D eigenvalue weighted by atomic mass is 127. The number of halogens is 1. The summed E-state index contributed by atoms with van der Waals surface area (Å²) < 4.78 is 5.36. The van der Waals surface area contributed by atoms with Gasteiger partial charge in [0.1, 0.15) is 5.76 Å². The van der Waals surface area contributed by atoms with Gasteiger partial charge in [-0.3, -0.25) is 4.79 Å². The Kier molecular flexibility index (Phi) is 11.7. The normalized spacial score (nSPS) is 10.9. The Bertz CT molecular complexity index is 718. The number of benzene rings is 1. The molecule has 0 spiro atoms. The van der Waals surface area contributed by atoms with E-state index in [4.69, 9.17) is 4.42 Å². The third kappa shape index (κ3) is 8.55. The second-order valence-electron chi connectivity index (χ2n) is 6.24. The lowest BCUT2D eigenvalue weighted by molar-refractivity contribution is 0.0827. The van der Waals surface area contributed by atoms with E-state index in [2.05, 4.69) is 21.9 Å². The van der Waals surface area contributed by atoms with Crippen LogP contribution in [0.5, 0.6) is 0 Å². The summed E-state index contributed by atoms with van der Waals surface area (Å²) in [6.07, 6.45) is 4.57. The maximum absolute atomic E-state index is 12.0. The van der Waals surface area contributed by atoms with Gasteiger partial charge in [-0.2, -0.15) is 11.8 Å². The number of nitrogens with zero attached hydrogens (tertiary/aromatic N) is 2. The molecule has 0 saturated heterocycles. The first-order valence-corrected chi connectivity index (χ1v) is 10.3. The number of nitrogens with one attached hydrogen (secondary N) is 2. The molecule has 2 rings (SSSR count). The van der Waals surface area contributed by atoms with E-state index in [1.165, 1.54) is 0 Å². The summed E-state index contributed by atoms with van der Waals surface area (Å²) in [5.41, 5.74) is 1.74. The van der Waals surface area contributed by atoms with E-state index in [1.54, 1.807) is 37.0 Å². The zero-order chi connectivity index (χ0) is 19.5. The Morgan fingerprint density at radius 3 is 2.46 bits per heavy atom. The Labute approximate surface area is 188 Å². The fourth-order valence-corrected chi connectivity index (χ4v) is 2.69. The number of hydrogen-bond acceptors (Lipinski definition) is 4. The number of aliphatic imine (C=N–C) groups is 1. The van der Waals surface area contributed by atoms with Crippen molar-refractivity contribution >= 4 is 47.6 Å². The van der Waals surface area contributed by atoms with E-state index >= 15 is 0 Å².